The number of amides is 2. The smallest absolute Gasteiger partial charge is 0.251 e. The van der Waals surface area contributed by atoms with E-state index < -0.39 is 0 Å². The number of nitrogens with two attached hydrogens (primary N) is 1. The van der Waals surface area contributed by atoms with E-state index >= 15 is 0 Å². The van der Waals surface area contributed by atoms with E-state index in [1.165, 1.54) is 0 Å². The molecule has 4 N–H and O–H groups in total. The first-order valence-corrected chi connectivity index (χ1v) is 7.51. The van der Waals surface area contributed by atoms with Crippen molar-refractivity contribution >= 4 is 29.9 Å². The van der Waals surface area contributed by atoms with Crippen molar-refractivity contribution in [1.82, 2.24) is 5.32 Å². The average Bonchev–Trinajstić information content (AvgIpc) is 3.21. The molecule has 2 rings (SSSR count). The highest BCUT2D eigenvalue weighted by atomic mass is 35.5. The molecule has 1 saturated carbocycles. The van der Waals surface area contributed by atoms with Crippen molar-refractivity contribution < 1.29 is 9.59 Å². The average molecular weight is 326 g/mol. The Morgan fingerprint density at radius 1 is 1.23 bits per heavy atom. The molecule has 0 saturated heterocycles. The number of carbonyl (C=O) groups is 2. The molecule has 0 bridgehead atoms. The lowest BCUT2D eigenvalue weighted by molar-refractivity contribution is -0.117. The van der Waals surface area contributed by atoms with Crippen LogP contribution in [0.3, 0.4) is 0 Å². The first-order chi connectivity index (χ1) is 10.1. The number of unbranched alkanes of at least 4 members (excludes halogenated alkanes) is 1. The Kier molecular flexibility index (Phi) is 7.35. The third-order valence-electron chi connectivity index (χ3n) is 3.78. The summed E-state index contributed by atoms with van der Waals surface area (Å²) in [5.74, 6) is 0.612. The summed E-state index contributed by atoms with van der Waals surface area (Å²) in [6, 6.07) is 6.98. The van der Waals surface area contributed by atoms with Crippen molar-refractivity contribution in [2.45, 2.75) is 26.2 Å². The Hall–Kier alpha value is -1.59. The van der Waals surface area contributed by atoms with Gasteiger partial charge in [0.25, 0.3) is 5.91 Å². The van der Waals surface area contributed by atoms with E-state index in [-0.39, 0.29) is 30.1 Å². The van der Waals surface area contributed by atoms with E-state index in [1.54, 1.807) is 24.3 Å². The van der Waals surface area contributed by atoms with Gasteiger partial charge < -0.3 is 16.4 Å². The molecule has 0 heterocycles. The van der Waals surface area contributed by atoms with Crippen molar-refractivity contribution in [2.75, 3.05) is 18.4 Å². The molecule has 1 aromatic carbocycles. The van der Waals surface area contributed by atoms with Crippen LogP contribution in [-0.2, 0) is 4.79 Å². The maximum absolute atomic E-state index is 11.9. The van der Waals surface area contributed by atoms with Crippen molar-refractivity contribution in [1.29, 1.82) is 0 Å². The first kappa shape index (κ1) is 18.5. The van der Waals surface area contributed by atoms with Crippen molar-refractivity contribution in [3.8, 4) is 0 Å². The molecule has 5 nitrogen and oxygen atoms in total. The lowest BCUT2D eigenvalue weighted by Crippen LogP contribution is -2.24. The molecule has 0 spiro atoms. The van der Waals surface area contributed by atoms with Crippen LogP contribution in [0.2, 0.25) is 0 Å². The molecule has 6 heteroatoms. The van der Waals surface area contributed by atoms with Gasteiger partial charge in [0, 0.05) is 23.7 Å². The topological polar surface area (TPSA) is 84.2 Å². The van der Waals surface area contributed by atoms with E-state index in [4.69, 9.17) is 5.73 Å². The van der Waals surface area contributed by atoms with Gasteiger partial charge in [0.15, 0.2) is 0 Å². The summed E-state index contributed by atoms with van der Waals surface area (Å²) in [5, 5.41) is 5.72. The Balaban J connectivity index is 0.00000242. The summed E-state index contributed by atoms with van der Waals surface area (Å²) in [6.07, 6.45) is 2.76. The van der Waals surface area contributed by atoms with Crippen LogP contribution < -0.4 is 16.4 Å². The van der Waals surface area contributed by atoms with Crippen LogP contribution in [0.15, 0.2) is 24.3 Å². The third-order valence-corrected chi connectivity index (χ3v) is 3.78. The zero-order valence-electron chi connectivity index (χ0n) is 12.8. The molecule has 0 radical (unpaired) electrons. The summed E-state index contributed by atoms with van der Waals surface area (Å²) >= 11 is 0. The quantitative estimate of drug-likeness (QED) is 0.672. The van der Waals surface area contributed by atoms with Crippen LogP contribution in [0.1, 0.15) is 36.5 Å². The molecule has 1 aromatic rings. The van der Waals surface area contributed by atoms with Gasteiger partial charge in [-0.25, -0.2) is 0 Å². The standard InChI is InChI=1S/C16H23N3O2.ClH/c1-11-10-14(11)16(21)19-13-6-4-12(5-7-13)15(20)18-9-3-2-8-17;/h4-7,11,14H,2-3,8-10,17H2,1H3,(H,18,20)(H,19,21);1H. The van der Waals surface area contributed by atoms with E-state index in [0.29, 0.717) is 24.6 Å². The summed E-state index contributed by atoms with van der Waals surface area (Å²) < 4.78 is 0. The molecule has 1 fully saturated rings. The van der Waals surface area contributed by atoms with Crippen LogP contribution >= 0.6 is 12.4 Å². The van der Waals surface area contributed by atoms with Crippen molar-refractivity contribution in [3.63, 3.8) is 0 Å². The molecule has 0 aliphatic heterocycles. The minimum absolute atomic E-state index is 0. The predicted octanol–water partition coefficient (Wildman–Crippen LogP) is 2.17. The summed E-state index contributed by atoms with van der Waals surface area (Å²) in [6.45, 7) is 3.35. The van der Waals surface area contributed by atoms with Crippen LogP contribution in [0.5, 0.6) is 0 Å². The maximum atomic E-state index is 11.9. The Labute approximate surface area is 137 Å². The Bertz CT molecular complexity index is 505. The number of hydrogen-bond acceptors (Lipinski definition) is 3. The minimum atomic E-state index is -0.0966. The minimum Gasteiger partial charge on any atom is -0.352 e. The second-order valence-electron chi connectivity index (χ2n) is 5.64. The molecule has 122 valence electrons. The highest BCUT2D eigenvalue weighted by Crippen LogP contribution is 2.38. The molecule has 2 unspecified atom stereocenters. The number of nitrogens with one attached hydrogen (secondary N) is 2. The van der Waals surface area contributed by atoms with Gasteiger partial charge in [-0.3, -0.25) is 9.59 Å². The number of hydrogen-bond donors (Lipinski definition) is 3. The van der Waals surface area contributed by atoms with Crippen LogP contribution in [0.4, 0.5) is 5.69 Å². The van der Waals surface area contributed by atoms with Gasteiger partial charge in [-0.15, -0.1) is 12.4 Å². The SMILES string of the molecule is CC1CC1C(=O)Nc1ccc(C(=O)NCCCCN)cc1.Cl. The zero-order chi connectivity index (χ0) is 15.2. The number of benzene rings is 1. The molecular weight excluding hydrogens is 302 g/mol. The van der Waals surface area contributed by atoms with Crippen molar-refractivity contribution in [3.05, 3.63) is 29.8 Å². The monoisotopic (exact) mass is 325 g/mol. The zero-order valence-corrected chi connectivity index (χ0v) is 13.6. The highest BCUT2D eigenvalue weighted by molar-refractivity contribution is 5.96. The number of carbonyl (C=O) groups excluding carboxylic acids is 2. The fourth-order valence-corrected chi connectivity index (χ4v) is 2.20. The highest BCUT2D eigenvalue weighted by Gasteiger charge is 2.38. The van der Waals surface area contributed by atoms with Gasteiger partial charge in [-0.1, -0.05) is 6.92 Å². The summed E-state index contributed by atoms with van der Waals surface area (Å²) in [4.78, 5) is 23.7. The van der Waals surface area contributed by atoms with Crippen LogP contribution in [0, 0.1) is 11.8 Å². The van der Waals surface area contributed by atoms with E-state index in [2.05, 4.69) is 17.6 Å². The maximum Gasteiger partial charge on any atom is 0.251 e. The van der Waals surface area contributed by atoms with Gasteiger partial charge in [0.1, 0.15) is 0 Å². The van der Waals surface area contributed by atoms with Crippen LogP contribution in [0.25, 0.3) is 0 Å². The second kappa shape index (κ2) is 8.76. The molecule has 2 atom stereocenters. The van der Waals surface area contributed by atoms with Gasteiger partial charge in [-0.2, -0.15) is 0 Å². The largest absolute Gasteiger partial charge is 0.352 e. The lowest BCUT2D eigenvalue weighted by Gasteiger charge is -2.07. The predicted molar refractivity (Wildman–Crippen MR) is 90.2 cm³/mol. The molecule has 1 aliphatic carbocycles. The number of anilines is 1. The fourth-order valence-electron chi connectivity index (χ4n) is 2.20. The van der Waals surface area contributed by atoms with Gasteiger partial charge in [-0.05, 0) is 56.0 Å². The molecule has 0 aromatic heterocycles. The van der Waals surface area contributed by atoms with Gasteiger partial charge in [0.05, 0.1) is 0 Å². The first-order valence-electron chi connectivity index (χ1n) is 7.51. The molecule has 2 amide bonds. The summed E-state index contributed by atoms with van der Waals surface area (Å²) in [5.41, 5.74) is 6.73. The lowest BCUT2D eigenvalue weighted by atomic mass is 10.2. The number of rotatable bonds is 7. The normalized spacial score (nSPS) is 19.0. The van der Waals surface area contributed by atoms with E-state index in [1.807, 2.05) is 0 Å². The fraction of sp³-hybridized carbons (Fsp3) is 0.500. The second-order valence-corrected chi connectivity index (χ2v) is 5.64. The molecule has 22 heavy (non-hydrogen) atoms. The Morgan fingerprint density at radius 3 is 2.41 bits per heavy atom. The summed E-state index contributed by atoms with van der Waals surface area (Å²) in [7, 11) is 0. The van der Waals surface area contributed by atoms with E-state index in [9.17, 15) is 9.59 Å². The van der Waals surface area contributed by atoms with Gasteiger partial charge in [0.2, 0.25) is 5.91 Å². The van der Waals surface area contributed by atoms with Crippen LogP contribution in [-0.4, -0.2) is 24.9 Å². The molecule has 1 aliphatic rings. The van der Waals surface area contributed by atoms with Gasteiger partial charge >= 0.3 is 0 Å². The Morgan fingerprint density at radius 2 is 1.86 bits per heavy atom. The third kappa shape index (κ3) is 5.31. The number of halogens is 1. The van der Waals surface area contributed by atoms with Crippen molar-refractivity contribution in [2.24, 2.45) is 17.6 Å². The van der Waals surface area contributed by atoms with E-state index in [0.717, 1.165) is 24.9 Å². The molecular formula is C16H24ClN3O2.